The molecule has 1 aromatic heterocycles. The number of esters is 1. The summed E-state index contributed by atoms with van der Waals surface area (Å²) in [6.45, 7) is 4.99. The van der Waals surface area contributed by atoms with E-state index in [1.807, 2.05) is 0 Å². The molecule has 2 aromatic carbocycles. The molecule has 32 heavy (non-hydrogen) atoms. The maximum atomic E-state index is 14.0. The molecule has 0 bridgehead atoms. The van der Waals surface area contributed by atoms with Crippen LogP contribution >= 0.6 is 0 Å². The molecule has 3 aromatic rings. The first-order valence-electron chi connectivity index (χ1n) is 10.4. The first-order valence-corrected chi connectivity index (χ1v) is 10.4. The van der Waals surface area contributed by atoms with E-state index in [-0.39, 0.29) is 23.9 Å². The molecular weight excluding hydrogens is 411 g/mol. The van der Waals surface area contributed by atoms with Crippen molar-refractivity contribution in [3.05, 3.63) is 64.3 Å². The number of carbonyl (C=O) groups excluding carboxylic acids is 1. The quantitative estimate of drug-likeness (QED) is 0.542. The summed E-state index contributed by atoms with van der Waals surface area (Å²) in [4.78, 5) is 25.2. The van der Waals surface area contributed by atoms with E-state index in [2.05, 4.69) is 6.07 Å². The van der Waals surface area contributed by atoms with Gasteiger partial charge in [0.25, 0.3) is 5.56 Å². The van der Waals surface area contributed by atoms with Crippen molar-refractivity contribution in [3.63, 3.8) is 0 Å². The minimum Gasteiger partial charge on any atom is -0.482 e. The maximum Gasteiger partial charge on any atom is 0.344 e. The number of benzene rings is 2. The Morgan fingerprint density at radius 3 is 2.56 bits per heavy atom. The topological polar surface area (TPSA) is 81.3 Å². The number of aromatic nitrogens is 1. The number of hydrogen-bond acceptors (Lipinski definition) is 5. The lowest BCUT2D eigenvalue weighted by molar-refractivity contribution is -0.157. The van der Waals surface area contributed by atoms with Crippen LogP contribution in [0.4, 0.5) is 4.39 Å². The number of ether oxygens (including phenoxy) is 2. The number of fused-ring (bicyclic) bond motifs is 1. The number of nitrogens with zero attached hydrogens (tertiary/aromatic N) is 2. The molecule has 7 heteroatoms. The SMILES string of the molecule is CC(C)(C)OC(=O)COc1ccc2c(=O)n(C3CC3)c(C#N)c(-c3cccc(F)c3)c2c1. The Bertz CT molecular complexity index is 1310. The van der Waals surface area contributed by atoms with Crippen LogP contribution in [0.1, 0.15) is 45.3 Å². The molecule has 164 valence electrons. The highest BCUT2D eigenvalue weighted by atomic mass is 19.1. The highest BCUT2D eigenvalue weighted by molar-refractivity contribution is 5.99. The van der Waals surface area contributed by atoms with Crippen molar-refractivity contribution >= 4 is 16.7 Å². The number of carbonyl (C=O) groups is 1. The Kier molecular flexibility index (Phi) is 5.47. The van der Waals surface area contributed by atoms with Crippen LogP contribution < -0.4 is 10.3 Å². The molecule has 1 aliphatic carbocycles. The molecule has 0 N–H and O–H groups in total. The second-order valence-corrected chi connectivity index (χ2v) is 8.83. The highest BCUT2D eigenvalue weighted by Crippen LogP contribution is 2.39. The number of hydrogen-bond donors (Lipinski definition) is 0. The number of pyridine rings is 1. The molecule has 6 nitrogen and oxygen atoms in total. The molecule has 0 unspecified atom stereocenters. The summed E-state index contributed by atoms with van der Waals surface area (Å²) < 4.78 is 26.4. The fraction of sp³-hybridized carbons (Fsp3) is 0.320. The Hall–Kier alpha value is -3.66. The Labute approximate surface area is 184 Å². The van der Waals surface area contributed by atoms with Gasteiger partial charge >= 0.3 is 5.97 Å². The third kappa shape index (κ3) is 4.35. The molecule has 0 aliphatic heterocycles. The van der Waals surface area contributed by atoms with Crippen LogP contribution in [0.25, 0.3) is 21.9 Å². The Balaban J connectivity index is 1.85. The van der Waals surface area contributed by atoms with Crippen molar-refractivity contribution in [2.75, 3.05) is 6.61 Å². The Morgan fingerprint density at radius 1 is 1.19 bits per heavy atom. The summed E-state index contributed by atoms with van der Waals surface area (Å²) in [6, 6.07) is 12.9. The van der Waals surface area contributed by atoms with Gasteiger partial charge in [-0.3, -0.25) is 9.36 Å². The standard InChI is InChI=1S/C25H23FN2O4/c1-25(2,3)32-22(29)14-31-18-9-10-19-20(12-18)23(15-5-4-6-16(26)11-15)21(13-27)28(24(19)30)17-7-8-17/h4-6,9-12,17H,7-8,14H2,1-3H3. The molecule has 1 aliphatic rings. The first kappa shape index (κ1) is 21.6. The second kappa shape index (κ2) is 8.12. The van der Waals surface area contributed by atoms with Crippen molar-refractivity contribution < 1.29 is 18.7 Å². The van der Waals surface area contributed by atoms with Gasteiger partial charge in [0.15, 0.2) is 6.61 Å². The van der Waals surface area contributed by atoms with Gasteiger partial charge < -0.3 is 9.47 Å². The van der Waals surface area contributed by atoms with Gasteiger partial charge in [-0.05, 0) is 69.5 Å². The van der Waals surface area contributed by atoms with Gasteiger partial charge in [0.05, 0.1) is 0 Å². The zero-order chi connectivity index (χ0) is 23.0. The lowest BCUT2D eigenvalue weighted by Crippen LogP contribution is -2.27. The molecule has 0 amide bonds. The fourth-order valence-corrected chi connectivity index (χ4v) is 3.73. The smallest absolute Gasteiger partial charge is 0.344 e. The second-order valence-electron chi connectivity index (χ2n) is 8.83. The summed E-state index contributed by atoms with van der Waals surface area (Å²) >= 11 is 0. The van der Waals surface area contributed by atoms with E-state index < -0.39 is 17.4 Å². The summed E-state index contributed by atoms with van der Waals surface area (Å²) in [5, 5.41) is 10.8. The highest BCUT2D eigenvalue weighted by Gasteiger charge is 2.30. The van der Waals surface area contributed by atoms with Crippen molar-refractivity contribution in [2.24, 2.45) is 0 Å². The molecule has 0 atom stereocenters. The maximum absolute atomic E-state index is 14.0. The first-order chi connectivity index (χ1) is 15.2. The zero-order valence-corrected chi connectivity index (χ0v) is 18.1. The summed E-state index contributed by atoms with van der Waals surface area (Å²) in [5.41, 5.74) is 0.253. The summed E-state index contributed by atoms with van der Waals surface area (Å²) in [6.07, 6.45) is 1.64. The lowest BCUT2D eigenvalue weighted by atomic mass is 9.96. The van der Waals surface area contributed by atoms with E-state index in [1.165, 1.54) is 16.7 Å². The van der Waals surface area contributed by atoms with Crippen LogP contribution in [0.3, 0.4) is 0 Å². The van der Waals surface area contributed by atoms with E-state index in [0.29, 0.717) is 27.6 Å². The van der Waals surface area contributed by atoms with E-state index >= 15 is 0 Å². The molecule has 1 heterocycles. The fourth-order valence-electron chi connectivity index (χ4n) is 3.73. The normalized spacial score (nSPS) is 13.6. The van der Waals surface area contributed by atoms with Gasteiger partial charge in [0, 0.05) is 22.4 Å². The van der Waals surface area contributed by atoms with E-state index in [0.717, 1.165) is 12.8 Å². The van der Waals surface area contributed by atoms with Gasteiger partial charge in [-0.25, -0.2) is 9.18 Å². The van der Waals surface area contributed by atoms with E-state index in [4.69, 9.17) is 9.47 Å². The molecule has 1 saturated carbocycles. The number of nitriles is 1. The average molecular weight is 434 g/mol. The van der Waals surface area contributed by atoms with Crippen LogP contribution in [-0.4, -0.2) is 22.7 Å². The van der Waals surface area contributed by atoms with Crippen LogP contribution in [0, 0.1) is 17.1 Å². The third-order valence-corrected chi connectivity index (χ3v) is 5.10. The van der Waals surface area contributed by atoms with Crippen molar-refractivity contribution in [1.82, 2.24) is 4.57 Å². The van der Waals surface area contributed by atoms with Crippen LogP contribution in [0.5, 0.6) is 5.75 Å². The number of rotatable bonds is 5. The molecule has 1 fully saturated rings. The predicted octanol–water partition coefficient (Wildman–Crippen LogP) is 4.73. The third-order valence-electron chi connectivity index (χ3n) is 5.10. The summed E-state index contributed by atoms with van der Waals surface area (Å²) in [5.74, 6) is -0.626. The van der Waals surface area contributed by atoms with Gasteiger partial charge in [-0.15, -0.1) is 0 Å². The van der Waals surface area contributed by atoms with Gasteiger partial charge in [-0.2, -0.15) is 5.26 Å². The predicted molar refractivity (Wildman–Crippen MR) is 118 cm³/mol. The van der Waals surface area contributed by atoms with Gasteiger partial charge in [0.1, 0.15) is 28.9 Å². The average Bonchev–Trinajstić information content (AvgIpc) is 3.55. The molecule has 0 spiro atoms. The van der Waals surface area contributed by atoms with E-state index in [9.17, 15) is 19.2 Å². The van der Waals surface area contributed by atoms with Crippen molar-refractivity contribution in [1.29, 1.82) is 5.26 Å². The van der Waals surface area contributed by atoms with Crippen LogP contribution in [0.2, 0.25) is 0 Å². The molecule has 0 saturated heterocycles. The lowest BCUT2D eigenvalue weighted by Gasteiger charge is -2.20. The largest absolute Gasteiger partial charge is 0.482 e. The minimum atomic E-state index is -0.635. The zero-order valence-electron chi connectivity index (χ0n) is 18.1. The van der Waals surface area contributed by atoms with Gasteiger partial charge in [0.2, 0.25) is 0 Å². The monoisotopic (exact) mass is 434 g/mol. The summed E-state index contributed by atoms with van der Waals surface area (Å²) in [7, 11) is 0. The van der Waals surface area contributed by atoms with Crippen LogP contribution in [0.15, 0.2) is 47.3 Å². The van der Waals surface area contributed by atoms with Gasteiger partial charge in [-0.1, -0.05) is 12.1 Å². The molecular formula is C25H23FN2O4. The molecule has 0 radical (unpaired) electrons. The van der Waals surface area contributed by atoms with Crippen molar-refractivity contribution in [3.8, 4) is 22.9 Å². The van der Waals surface area contributed by atoms with E-state index in [1.54, 1.807) is 51.1 Å². The Morgan fingerprint density at radius 2 is 1.94 bits per heavy atom. The van der Waals surface area contributed by atoms with Crippen LogP contribution in [-0.2, 0) is 9.53 Å². The number of halogens is 1. The van der Waals surface area contributed by atoms with Crippen molar-refractivity contribution in [2.45, 2.75) is 45.3 Å². The molecule has 4 rings (SSSR count). The minimum absolute atomic E-state index is 0.0306.